The van der Waals surface area contributed by atoms with Gasteiger partial charge in [-0.3, -0.25) is 9.59 Å². The van der Waals surface area contributed by atoms with Gasteiger partial charge in [-0.05, 0) is 54.7 Å². The van der Waals surface area contributed by atoms with E-state index in [-0.39, 0.29) is 30.3 Å². The van der Waals surface area contributed by atoms with Crippen LogP contribution in [0.2, 0.25) is 0 Å². The van der Waals surface area contributed by atoms with Gasteiger partial charge in [0.15, 0.2) is 0 Å². The minimum Gasteiger partial charge on any atom is -0.506 e. The Morgan fingerprint density at radius 2 is 1.90 bits per heavy atom. The third kappa shape index (κ3) is 4.37. The van der Waals surface area contributed by atoms with Crippen molar-refractivity contribution < 1.29 is 27.9 Å². The first-order valence-corrected chi connectivity index (χ1v) is 13.1. The SMILES string of the molecule is C=CC(=O)N1CCc2nn(-c3ccc(C4CC4)cc3O)c3c2C(C1)N(C(=O)c1ccc(C(F)(F)F)nc1N)CC3. The van der Waals surface area contributed by atoms with Crippen LogP contribution in [0.5, 0.6) is 5.75 Å². The van der Waals surface area contributed by atoms with E-state index < -0.39 is 29.6 Å². The molecule has 1 aromatic carbocycles. The lowest BCUT2D eigenvalue weighted by Crippen LogP contribution is -2.46. The van der Waals surface area contributed by atoms with Crippen LogP contribution in [0.25, 0.3) is 5.69 Å². The highest BCUT2D eigenvalue weighted by Crippen LogP contribution is 2.43. The van der Waals surface area contributed by atoms with E-state index in [4.69, 9.17) is 10.8 Å². The predicted molar refractivity (Wildman–Crippen MR) is 139 cm³/mol. The number of amides is 2. The highest BCUT2D eigenvalue weighted by atomic mass is 19.4. The number of alkyl halides is 3. The number of phenols is 1. The van der Waals surface area contributed by atoms with Crippen molar-refractivity contribution in [2.45, 2.75) is 43.8 Å². The van der Waals surface area contributed by atoms with E-state index in [0.717, 1.165) is 41.8 Å². The summed E-state index contributed by atoms with van der Waals surface area (Å²) < 4.78 is 41.1. The molecule has 0 saturated heterocycles. The maximum absolute atomic E-state index is 13.7. The summed E-state index contributed by atoms with van der Waals surface area (Å²) in [6.45, 7) is 4.25. The second kappa shape index (κ2) is 9.39. The zero-order chi connectivity index (χ0) is 28.3. The molecule has 6 rings (SSSR count). The van der Waals surface area contributed by atoms with E-state index >= 15 is 0 Å². The minimum atomic E-state index is -4.70. The molecule has 2 aliphatic heterocycles. The van der Waals surface area contributed by atoms with Gasteiger partial charge in [0.05, 0.1) is 23.0 Å². The Morgan fingerprint density at radius 3 is 2.55 bits per heavy atom. The molecule has 1 unspecified atom stereocenters. The number of carbonyl (C=O) groups is 2. The van der Waals surface area contributed by atoms with Gasteiger partial charge in [0.1, 0.15) is 22.9 Å². The molecule has 0 bridgehead atoms. The molecule has 1 saturated carbocycles. The number of carbonyl (C=O) groups excluding carboxylic acids is 2. The average molecular weight is 553 g/mol. The van der Waals surface area contributed by atoms with Crippen LogP contribution < -0.4 is 5.73 Å². The molecule has 4 heterocycles. The minimum absolute atomic E-state index is 0.112. The van der Waals surface area contributed by atoms with Crippen LogP contribution >= 0.6 is 0 Å². The Morgan fingerprint density at radius 1 is 1.12 bits per heavy atom. The first-order valence-electron chi connectivity index (χ1n) is 13.1. The van der Waals surface area contributed by atoms with Crippen LogP contribution in [0.15, 0.2) is 43.0 Å². The van der Waals surface area contributed by atoms with Crippen LogP contribution in [-0.2, 0) is 23.8 Å². The van der Waals surface area contributed by atoms with Crippen molar-refractivity contribution >= 4 is 17.6 Å². The Balaban J connectivity index is 1.41. The highest BCUT2D eigenvalue weighted by Gasteiger charge is 2.41. The maximum Gasteiger partial charge on any atom is 0.433 e. The topological polar surface area (TPSA) is 118 Å². The summed E-state index contributed by atoms with van der Waals surface area (Å²) in [5, 5.41) is 15.7. The number of rotatable bonds is 4. The van der Waals surface area contributed by atoms with Gasteiger partial charge in [-0.1, -0.05) is 12.6 Å². The number of benzene rings is 1. The molecular formula is C28H27F3N6O3. The third-order valence-corrected chi connectivity index (χ3v) is 7.88. The van der Waals surface area contributed by atoms with E-state index in [0.29, 0.717) is 36.7 Å². The van der Waals surface area contributed by atoms with Gasteiger partial charge in [0, 0.05) is 38.0 Å². The monoisotopic (exact) mass is 552 g/mol. The molecule has 3 aliphatic rings. The molecule has 208 valence electrons. The summed E-state index contributed by atoms with van der Waals surface area (Å²) in [5.74, 6) is -0.827. The summed E-state index contributed by atoms with van der Waals surface area (Å²) in [5.41, 5.74) is 8.37. The molecule has 40 heavy (non-hydrogen) atoms. The van der Waals surface area contributed by atoms with Crippen molar-refractivity contribution in [1.29, 1.82) is 0 Å². The number of halogens is 3. The fourth-order valence-corrected chi connectivity index (χ4v) is 5.72. The van der Waals surface area contributed by atoms with Crippen LogP contribution in [0.1, 0.15) is 63.4 Å². The van der Waals surface area contributed by atoms with Gasteiger partial charge in [0.25, 0.3) is 5.91 Å². The van der Waals surface area contributed by atoms with Crippen molar-refractivity contribution in [3.05, 3.63) is 76.8 Å². The number of nitrogens with two attached hydrogens (primary N) is 1. The summed E-state index contributed by atoms with van der Waals surface area (Å²) in [6.07, 6.45) is -0.504. The lowest BCUT2D eigenvalue weighted by molar-refractivity contribution is -0.141. The molecule has 2 amide bonds. The molecule has 0 spiro atoms. The number of anilines is 1. The third-order valence-electron chi connectivity index (χ3n) is 7.88. The van der Waals surface area contributed by atoms with Crippen molar-refractivity contribution in [3.63, 3.8) is 0 Å². The largest absolute Gasteiger partial charge is 0.506 e. The van der Waals surface area contributed by atoms with E-state index in [9.17, 15) is 27.9 Å². The number of nitrogens with zero attached hydrogens (tertiary/aromatic N) is 5. The van der Waals surface area contributed by atoms with Gasteiger partial charge < -0.3 is 20.6 Å². The first kappa shape index (κ1) is 25.9. The van der Waals surface area contributed by atoms with Gasteiger partial charge in [0.2, 0.25) is 5.91 Å². The van der Waals surface area contributed by atoms with Crippen LogP contribution in [0.4, 0.5) is 19.0 Å². The molecule has 1 aliphatic carbocycles. The van der Waals surface area contributed by atoms with E-state index in [2.05, 4.69) is 11.6 Å². The maximum atomic E-state index is 13.7. The number of nitrogen functional groups attached to an aromatic ring is 1. The van der Waals surface area contributed by atoms with E-state index in [1.54, 1.807) is 15.6 Å². The Labute approximate surface area is 227 Å². The van der Waals surface area contributed by atoms with E-state index in [1.807, 2.05) is 12.1 Å². The normalized spacial score (nSPS) is 18.7. The number of aromatic hydroxyl groups is 1. The number of phenolic OH excluding ortho intramolecular Hbond substituents is 1. The zero-order valence-electron chi connectivity index (χ0n) is 21.5. The molecular weight excluding hydrogens is 525 g/mol. The summed E-state index contributed by atoms with van der Waals surface area (Å²) in [4.78, 5) is 32.9. The van der Waals surface area contributed by atoms with Crippen LogP contribution in [0, 0.1) is 0 Å². The standard InChI is InChI=1S/C28H27F3N6O3/c1-2-24(39)35-11-9-18-25-20(37(34-18)19-7-5-16(13-22(19)38)15-3-4-15)10-12-36(21(25)14-35)27(40)17-6-8-23(28(29,30)31)33-26(17)32/h2,5-8,13,15,21,38H,1,3-4,9-12,14H2,(H2,32,33). The number of pyridine rings is 1. The van der Waals surface area contributed by atoms with Gasteiger partial charge >= 0.3 is 6.18 Å². The number of aromatic nitrogens is 3. The van der Waals surface area contributed by atoms with Crippen molar-refractivity contribution in [1.82, 2.24) is 24.6 Å². The fourth-order valence-electron chi connectivity index (χ4n) is 5.72. The molecule has 3 N–H and O–H groups in total. The zero-order valence-corrected chi connectivity index (χ0v) is 21.5. The van der Waals surface area contributed by atoms with Crippen molar-refractivity contribution in [3.8, 4) is 11.4 Å². The second-order valence-electron chi connectivity index (χ2n) is 10.4. The smallest absolute Gasteiger partial charge is 0.433 e. The van der Waals surface area contributed by atoms with Crippen LogP contribution in [-0.4, -0.2) is 61.1 Å². The Hall–Kier alpha value is -4.35. The fraction of sp³-hybridized carbons (Fsp3) is 0.357. The molecule has 3 aromatic rings. The Bertz CT molecular complexity index is 1540. The lowest BCUT2D eigenvalue weighted by atomic mass is 9.94. The molecule has 1 fully saturated rings. The van der Waals surface area contributed by atoms with Crippen molar-refractivity contribution in [2.24, 2.45) is 0 Å². The second-order valence-corrected chi connectivity index (χ2v) is 10.4. The lowest BCUT2D eigenvalue weighted by Gasteiger charge is -2.38. The number of hydrogen-bond donors (Lipinski definition) is 2. The summed E-state index contributed by atoms with van der Waals surface area (Å²) in [7, 11) is 0. The van der Waals surface area contributed by atoms with Gasteiger partial charge in [-0.15, -0.1) is 0 Å². The molecule has 12 heteroatoms. The van der Waals surface area contributed by atoms with Crippen LogP contribution in [0.3, 0.4) is 0 Å². The molecule has 2 aromatic heterocycles. The molecule has 9 nitrogen and oxygen atoms in total. The molecule has 1 atom stereocenters. The average Bonchev–Trinajstić information content (AvgIpc) is 3.73. The predicted octanol–water partition coefficient (Wildman–Crippen LogP) is 3.76. The molecule has 0 radical (unpaired) electrons. The van der Waals surface area contributed by atoms with E-state index in [1.165, 1.54) is 11.0 Å². The quantitative estimate of drug-likeness (QED) is 0.476. The first-order chi connectivity index (χ1) is 19.1. The van der Waals surface area contributed by atoms with Gasteiger partial charge in [-0.2, -0.15) is 18.3 Å². The summed E-state index contributed by atoms with van der Waals surface area (Å²) in [6, 6.07) is 6.75. The van der Waals surface area contributed by atoms with Crippen molar-refractivity contribution in [2.75, 3.05) is 25.4 Å². The highest BCUT2D eigenvalue weighted by molar-refractivity contribution is 5.99. The number of hydrogen-bond acceptors (Lipinski definition) is 6. The summed E-state index contributed by atoms with van der Waals surface area (Å²) >= 11 is 0. The Kier molecular flexibility index (Phi) is 6.08. The van der Waals surface area contributed by atoms with Gasteiger partial charge in [-0.25, -0.2) is 9.67 Å².